The van der Waals surface area contributed by atoms with Gasteiger partial charge in [-0.3, -0.25) is 9.89 Å². The summed E-state index contributed by atoms with van der Waals surface area (Å²) < 4.78 is 6.13. The van der Waals surface area contributed by atoms with Crippen molar-refractivity contribution in [3.05, 3.63) is 58.6 Å². The van der Waals surface area contributed by atoms with Gasteiger partial charge in [0.15, 0.2) is 0 Å². The van der Waals surface area contributed by atoms with E-state index in [9.17, 15) is 4.79 Å². The van der Waals surface area contributed by atoms with Crippen LogP contribution in [0.1, 0.15) is 18.5 Å². The highest BCUT2D eigenvalue weighted by atomic mass is 16.5. The maximum atomic E-state index is 12.8. The van der Waals surface area contributed by atoms with Gasteiger partial charge in [-0.15, -0.1) is 0 Å². The molecule has 8 heteroatoms. The molecule has 3 aromatic heterocycles. The number of pyridine rings is 2. The molecular formula is C21H20N6O2. The molecule has 4 aromatic rings. The maximum Gasteiger partial charge on any atom is 0.294 e. The Morgan fingerprint density at radius 2 is 2.10 bits per heavy atom. The summed E-state index contributed by atoms with van der Waals surface area (Å²) in [5.41, 5.74) is 3.34. The molecule has 0 spiro atoms. The van der Waals surface area contributed by atoms with E-state index in [-0.39, 0.29) is 23.7 Å². The summed E-state index contributed by atoms with van der Waals surface area (Å²) in [5.74, 6) is 0.375. The van der Waals surface area contributed by atoms with Crippen LogP contribution in [0.2, 0.25) is 0 Å². The molecule has 0 bridgehead atoms. The van der Waals surface area contributed by atoms with Crippen LogP contribution in [0.25, 0.3) is 21.9 Å². The molecule has 0 radical (unpaired) electrons. The number of nitrogens with one attached hydrogen (secondary N) is 3. The fourth-order valence-electron chi connectivity index (χ4n) is 4.77. The number of rotatable bonds is 1. The number of anilines is 1. The molecule has 0 aliphatic carbocycles. The van der Waals surface area contributed by atoms with Crippen LogP contribution >= 0.6 is 0 Å². The lowest BCUT2D eigenvalue weighted by atomic mass is 9.93. The number of H-pyrrole nitrogens is 2. The summed E-state index contributed by atoms with van der Waals surface area (Å²) >= 11 is 0. The Bertz CT molecular complexity index is 1300. The van der Waals surface area contributed by atoms with Crippen LogP contribution in [0.4, 0.5) is 5.69 Å². The third-order valence-corrected chi connectivity index (χ3v) is 6.08. The van der Waals surface area contributed by atoms with Crippen LogP contribution < -0.4 is 20.5 Å². The molecule has 2 aliphatic heterocycles. The minimum absolute atomic E-state index is 0.0327. The second-order valence-corrected chi connectivity index (χ2v) is 7.68. The van der Waals surface area contributed by atoms with Gasteiger partial charge in [0.25, 0.3) is 5.56 Å². The van der Waals surface area contributed by atoms with Crippen LogP contribution in [0, 0.1) is 0 Å². The summed E-state index contributed by atoms with van der Waals surface area (Å²) in [5, 5.41) is 12.8. The molecule has 1 saturated heterocycles. The molecule has 3 unspecified atom stereocenters. The average molecular weight is 388 g/mol. The molecule has 0 saturated carbocycles. The van der Waals surface area contributed by atoms with Crippen molar-refractivity contribution in [3.63, 3.8) is 0 Å². The largest absolute Gasteiger partial charge is 0.481 e. The molecular weight excluding hydrogens is 368 g/mol. The minimum Gasteiger partial charge on any atom is -0.481 e. The van der Waals surface area contributed by atoms with Gasteiger partial charge < -0.3 is 19.9 Å². The van der Waals surface area contributed by atoms with Crippen molar-refractivity contribution in [2.45, 2.75) is 25.1 Å². The molecule has 2 aliphatic rings. The number of nitrogens with zero attached hydrogens (tertiary/aromatic N) is 3. The molecule has 0 amide bonds. The first-order valence-electron chi connectivity index (χ1n) is 9.81. The normalized spacial score (nSPS) is 23.6. The topological polar surface area (TPSA) is 98.9 Å². The van der Waals surface area contributed by atoms with Gasteiger partial charge in [0, 0.05) is 30.1 Å². The fraction of sp³-hybridized carbons (Fsp3) is 0.286. The number of ether oxygens (including phenoxy) is 1. The van der Waals surface area contributed by atoms with Crippen LogP contribution in [-0.2, 0) is 0 Å². The van der Waals surface area contributed by atoms with Gasteiger partial charge in [-0.05, 0) is 30.7 Å². The highest BCUT2D eigenvalue weighted by Gasteiger charge is 2.43. The summed E-state index contributed by atoms with van der Waals surface area (Å²) in [4.78, 5) is 22.4. The van der Waals surface area contributed by atoms with Gasteiger partial charge in [-0.1, -0.05) is 12.1 Å². The maximum absolute atomic E-state index is 12.8. The van der Waals surface area contributed by atoms with E-state index >= 15 is 0 Å². The predicted molar refractivity (Wildman–Crippen MR) is 110 cm³/mol. The molecule has 5 heterocycles. The van der Waals surface area contributed by atoms with Gasteiger partial charge in [0.2, 0.25) is 5.75 Å². The van der Waals surface area contributed by atoms with Crippen molar-refractivity contribution in [1.29, 1.82) is 0 Å². The first-order valence-corrected chi connectivity index (χ1v) is 9.81. The van der Waals surface area contributed by atoms with Crippen molar-refractivity contribution >= 4 is 27.6 Å². The van der Waals surface area contributed by atoms with E-state index < -0.39 is 0 Å². The number of benzene rings is 1. The summed E-state index contributed by atoms with van der Waals surface area (Å²) in [6, 6.07) is 10.2. The third-order valence-electron chi connectivity index (χ3n) is 6.08. The number of piperazine rings is 1. The molecule has 1 aromatic carbocycles. The fourth-order valence-corrected chi connectivity index (χ4v) is 4.77. The first-order chi connectivity index (χ1) is 14.2. The van der Waals surface area contributed by atoms with Gasteiger partial charge >= 0.3 is 0 Å². The summed E-state index contributed by atoms with van der Waals surface area (Å²) in [6.45, 7) is 3.57. The SMILES string of the molecule is CC1Oc2c(c3cccnc3[nH]c2=O)N2C(c3cccc4[nH]ncc34)CNCC12. The minimum atomic E-state index is -0.240. The smallest absolute Gasteiger partial charge is 0.294 e. The Kier molecular flexibility index (Phi) is 3.45. The highest BCUT2D eigenvalue weighted by molar-refractivity contribution is 5.94. The highest BCUT2D eigenvalue weighted by Crippen LogP contribution is 2.44. The zero-order valence-corrected chi connectivity index (χ0v) is 15.8. The van der Waals surface area contributed by atoms with E-state index in [4.69, 9.17) is 4.74 Å². The van der Waals surface area contributed by atoms with Crippen molar-refractivity contribution < 1.29 is 4.74 Å². The second kappa shape index (κ2) is 6.05. The zero-order valence-electron chi connectivity index (χ0n) is 15.8. The number of aromatic nitrogens is 4. The van der Waals surface area contributed by atoms with E-state index in [1.165, 1.54) is 5.56 Å². The molecule has 146 valence electrons. The van der Waals surface area contributed by atoms with Crippen molar-refractivity contribution in [1.82, 2.24) is 25.5 Å². The number of hydrogen-bond donors (Lipinski definition) is 3. The van der Waals surface area contributed by atoms with Crippen LogP contribution in [0.3, 0.4) is 0 Å². The van der Waals surface area contributed by atoms with Crippen molar-refractivity contribution in [3.8, 4) is 5.75 Å². The van der Waals surface area contributed by atoms with Crippen molar-refractivity contribution in [2.24, 2.45) is 0 Å². The van der Waals surface area contributed by atoms with Gasteiger partial charge in [0.05, 0.1) is 29.5 Å². The molecule has 1 fully saturated rings. The summed E-state index contributed by atoms with van der Waals surface area (Å²) in [7, 11) is 0. The third kappa shape index (κ3) is 2.32. The Labute approximate surface area is 165 Å². The zero-order chi connectivity index (χ0) is 19.5. The van der Waals surface area contributed by atoms with Gasteiger partial charge in [0.1, 0.15) is 11.8 Å². The van der Waals surface area contributed by atoms with E-state index in [0.29, 0.717) is 11.4 Å². The number of fused-ring (bicyclic) bond motifs is 6. The molecule has 8 nitrogen and oxygen atoms in total. The predicted octanol–water partition coefficient (Wildman–Crippen LogP) is 2.10. The molecule has 29 heavy (non-hydrogen) atoms. The number of hydrogen-bond acceptors (Lipinski definition) is 6. The Balaban J connectivity index is 1.64. The average Bonchev–Trinajstić information content (AvgIpc) is 3.23. The van der Waals surface area contributed by atoms with E-state index in [1.807, 2.05) is 37.4 Å². The Hall–Kier alpha value is -3.39. The van der Waals surface area contributed by atoms with E-state index in [1.54, 1.807) is 6.20 Å². The Morgan fingerprint density at radius 1 is 1.17 bits per heavy atom. The van der Waals surface area contributed by atoms with Crippen LogP contribution in [0.5, 0.6) is 5.75 Å². The van der Waals surface area contributed by atoms with Crippen LogP contribution in [-0.4, -0.2) is 45.4 Å². The number of aromatic amines is 2. The summed E-state index contributed by atoms with van der Waals surface area (Å²) in [6.07, 6.45) is 3.43. The van der Waals surface area contributed by atoms with Crippen molar-refractivity contribution in [2.75, 3.05) is 18.0 Å². The quantitative estimate of drug-likeness (QED) is 0.462. The molecule has 3 N–H and O–H groups in total. The lowest BCUT2D eigenvalue weighted by Crippen LogP contribution is -2.61. The van der Waals surface area contributed by atoms with Gasteiger partial charge in [-0.25, -0.2) is 4.98 Å². The second-order valence-electron chi connectivity index (χ2n) is 7.68. The van der Waals surface area contributed by atoms with E-state index in [0.717, 1.165) is 35.1 Å². The standard InChI is InChI=1S/C21H20N6O2/c1-11-16-9-22-10-17(12-4-2-6-15-14(12)8-24-26-15)27(16)18-13-5-3-7-23-20(13)25-21(28)19(18)29-11/h2-8,11,16-17,22H,9-10H2,1H3,(H,24,26)(H,23,25,28). The molecule has 6 rings (SSSR count). The Morgan fingerprint density at radius 3 is 3.03 bits per heavy atom. The van der Waals surface area contributed by atoms with E-state index in [2.05, 4.69) is 36.4 Å². The van der Waals surface area contributed by atoms with Gasteiger partial charge in [-0.2, -0.15) is 5.10 Å². The first kappa shape index (κ1) is 16.6. The molecule has 3 atom stereocenters. The monoisotopic (exact) mass is 388 g/mol. The lowest BCUT2D eigenvalue weighted by molar-refractivity contribution is 0.147. The lowest BCUT2D eigenvalue weighted by Gasteiger charge is -2.50. The van der Waals surface area contributed by atoms with Crippen LogP contribution in [0.15, 0.2) is 47.5 Å².